The van der Waals surface area contributed by atoms with Crippen molar-refractivity contribution in [2.45, 2.75) is 25.8 Å². The number of carbonyl (C=O) groups is 1. The van der Waals surface area contributed by atoms with Crippen LogP contribution in [0, 0.1) is 17.5 Å². The number of hydrogen-bond acceptors (Lipinski definition) is 2. The Balaban J connectivity index is 3.05. The summed E-state index contributed by atoms with van der Waals surface area (Å²) in [5.74, 6) is -4.49. The van der Waals surface area contributed by atoms with E-state index in [0.717, 1.165) is 0 Å². The van der Waals surface area contributed by atoms with Crippen LogP contribution in [0.5, 0.6) is 0 Å². The molecule has 100 valence electrons. The lowest BCUT2D eigenvalue weighted by Gasteiger charge is -2.28. The van der Waals surface area contributed by atoms with Crippen LogP contribution in [0.15, 0.2) is 12.1 Å². The number of nitrogens with two attached hydrogens (primary N) is 1. The van der Waals surface area contributed by atoms with Crippen molar-refractivity contribution < 1.29 is 18.0 Å². The van der Waals surface area contributed by atoms with Gasteiger partial charge in [-0.05, 0) is 13.3 Å². The molecule has 0 saturated heterocycles. The van der Waals surface area contributed by atoms with Crippen LogP contribution < -0.4 is 11.1 Å². The lowest BCUT2D eigenvalue weighted by molar-refractivity contribution is 0.0898. The Morgan fingerprint density at radius 1 is 1.33 bits per heavy atom. The van der Waals surface area contributed by atoms with E-state index in [0.29, 0.717) is 18.6 Å². The lowest BCUT2D eigenvalue weighted by atomic mass is 9.98. The van der Waals surface area contributed by atoms with Crippen molar-refractivity contribution in [2.75, 3.05) is 6.54 Å². The molecular formula is C12H15F3N2O. The van der Waals surface area contributed by atoms with Crippen LogP contribution in [-0.4, -0.2) is 18.0 Å². The summed E-state index contributed by atoms with van der Waals surface area (Å²) in [5.41, 5.74) is 3.92. The second-order valence-corrected chi connectivity index (χ2v) is 4.32. The summed E-state index contributed by atoms with van der Waals surface area (Å²) < 4.78 is 39.5. The van der Waals surface area contributed by atoms with Crippen LogP contribution in [-0.2, 0) is 0 Å². The molecule has 0 aliphatic heterocycles. The van der Waals surface area contributed by atoms with Gasteiger partial charge in [-0.15, -0.1) is 0 Å². The van der Waals surface area contributed by atoms with Gasteiger partial charge in [-0.2, -0.15) is 0 Å². The summed E-state index contributed by atoms with van der Waals surface area (Å²) in [5, 5.41) is 2.44. The van der Waals surface area contributed by atoms with E-state index < -0.39 is 34.5 Å². The third-order valence-corrected chi connectivity index (χ3v) is 2.88. The largest absolute Gasteiger partial charge is 0.345 e. The first kappa shape index (κ1) is 14.5. The van der Waals surface area contributed by atoms with E-state index in [1.165, 1.54) is 0 Å². The Hall–Kier alpha value is -1.56. The molecule has 0 aromatic heterocycles. The van der Waals surface area contributed by atoms with E-state index in [1.54, 1.807) is 13.8 Å². The maximum Gasteiger partial charge on any atom is 0.257 e. The first-order chi connectivity index (χ1) is 8.33. The van der Waals surface area contributed by atoms with Gasteiger partial charge in [0.25, 0.3) is 5.91 Å². The molecule has 0 spiro atoms. The van der Waals surface area contributed by atoms with Crippen molar-refractivity contribution in [1.29, 1.82) is 0 Å². The molecular weight excluding hydrogens is 245 g/mol. The van der Waals surface area contributed by atoms with Crippen molar-refractivity contribution >= 4 is 5.91 Å². The minimum Gasteiger partial charge on any atom is -0.345 e. The van der Waals surface area contributed by atoms with Crippen LogP contribution in [0.3, 0.4) is 0 Å². The number of halogens is 3. The number of carbonyl (C=O) groups excluding carboxylic acids is 1. The van der Waals surface area contributed by atoms with Crippen molar-refractivity contribution in [2.24, 2.45) is 5.73 Å². The Morgan fingerprint density at radius 2 is 1.83 bits per heavy atom. The highest BCUT2D eigenvalue weighted by atomic mass is 19.1. The third-order valence-electron chi connectivity index (χ3n) is 2.88. The number of amides is 1. The molecule has 6 heteroatoms. The van der Waals surface area contributed by atoms with Gasteiger partial charge in [0.15, 0.2) is 0 Å². The maximum absolute atomic E-state index is 13.4. The molecule has 0 radical (unpaired) electrons. The van der Waals surface area contributed by atoms with E-state index in [2.05, 4.69) is 5.32 Å². The number of benzene rings is 1. The molecule has 0 saturated carbocycles. The quantitative estimate of drug-likeness (QED) is 0.869. The second kappa shape index (κ2) is 5.39. The smallest absolute Gasteiger partial charge is 0.257 e. The summed E-state index contributed by atoms with van der Waals surface area (Å²) in [7, 11) is 0. The number of hydrogen-bond donors (Lipinski definition) is 2. The van der Waals surface area contributed by atoms with Crippen molar-refractivity contribution in [3.05, 3.63) is 35.1 Å². The van der Waals surface area contributed by atoms with Gasteiger partial charge in [0.2, 0.25) is 0 Å². The van der Waals surface area contributed by atoms with E-state index in [4.69, 9.17) is 5.73 Å². The fraction of sp³-hybridized carbons (Fsp3) is 0.417. The second-order valence-electron chi connectivity index (χ2n) is 4.32. The highest BCUT2D eigenvalue weighted by Gasteiger charge is 2.26. The fourth-order valence-electron chi connectivity index (χ4n) is 1.38. The molecule has 0 bridgehead atoms. The molecule has 18 heavy (non-hydrogen) atoms. The van der Waals surface area contributed by atoms with Crippen molar-refractivity contribution in [1.82, 2.24) is 5.32 Å². The summed E-state index contributed by atoms with van der Waals surface area (Å²) in [6, 6.07) is 0.924. The maximum atomic E-state index is 13.4. The number of rotatable bonds is 4. The van der Waals surface area contributed by atoms with Gasteiger partial charge in [0.05, 0.1) is 0 Å². The van der Waals surface area contributed by atoms with Gasteiger partial charge >= 0.3 is 0 Å². The summed E-state index contributed by atoms with van der Waals surface area (Å²) in [6.45, 7) is 3.56. The minimum atomic E-state index is -1.24. The lowest BCUT2D eigenvalue weighted by Crippen LogP contribution is -2.51. The summed E-state index contributed by atoms with van der Waals surface area (Å²) in [6.07, 6.45) is 0.500. The SMILES string of the molecule is CCC(C)(CN)NC(=O)c1c(F)cc(F)cc1F. The molecule has 0 aliphatic rings. The molecule has 1 unspecified atom stereocenters. The zero-order valence-corrected chi connectivity index (χ0v) is 10.2. The van der Waals surface area contributed by atoms with Gasteiger partial charge in [0, 0.05) is 24.2 Å². The van der Waals surface area contributed by atoms with Gasteiger partial charge < -0.3 is 11.1 Å². The van der Waals surface area contributed by atoms with E-state index in [9.17, 15) is 18.0 Å². The standard InChI is InChI=1S/C12H15F3N2O/c1-3-12(2,6-16)17-11(18)10-8(14)4-7(13)5-9(10)15/h4-5H,3,6,16H2,1-2H3,(H,17,18). The van der Waals surface area contributed by atoms with Gasteiger partial charge in [-0.3, -0.25) is 4.79 Å². The highest BCUT2D eigenvalue weighted by Crippen LogP contribution is 2.16. The Kier molecular flexibility index (Phi) is 4.34. The van der Waals surface area contributed by atoms with E-state index in [-0.39, 0.29) is 6.54 Å². The van der Waals surface area contributed by atoms with Gasteiger partial charge in [-0.25, -0.2) is 13.2 Å². The summed E-state index contributed by atoms with van der Waals surface area (Å²) >= 11 is 0. The molecule has 0 aliphatic carbocycles. The van der Waals surface area contributed by atoms with E-state index in [1.807, 2.05) is 0 Å². The Bertz CT molecular complexity index is 436. The predicted octanol–water partition coefficient (Wildman–Crippen LogP) is 1.96. The average Bonchev–Trinajstić information content (AvgIpc) is 2.27. The molecule has 0 fully saturated rings. The first-order valence-corrected chi connectivity index (χ1v) is 5.50. The van der Waals surface area contributed by atoms with Gasteiger partial charge in [0.1, 0.15) is 23.0 Å². The topological polar surface area (TPSA) is 55.1 Å². The molecule has 1 amide bonds. The predicted molar refractivity (Wildman–Crippen MR) is 61.5 cm³/mol. The molecule has 1 aromatic rings. The summed E-state index contributed by atoms with van der Waals surface area (Å²) in [4.78, 5) is 11.8. The van der Waals surface area contributed by atoms with Crippen LogP contribution in [0.25, 0.3) is 0 Å². The van der Waals surface area contributed by atoms with Crippen LogP contribution in [0.1, 0.15) is 30.6 Å². The average molecular weight is 260 g/mol. The van der Waals surface area contributed by atoms with Crippen LogP contribution in [0.4, 0.5) is 13.2 Å². The first-order valence-electron chi connectivity index (χ1n) is 5.50. The van der Waals surface area contributed by atoms with Crippen molar-refractivity contribution in [3.8, 4) is 0 Å². The molecule has 0 heterocycles. The van der Waals surface area contributed by atoms with E-state index >= 15 is 0 Å². The normalized spacial score (nSPS) is 14.1. The molecule has 3 N–H and O–H groups in total. The monoisotopic (exact) mass is 260 g/mol. The Morgan fingerprint density at radius 3 is 2.22 bits per heavy atom. The van der Waals surface area contributed by atoms with Gasteiger partial charge in [-0.1, -0.05) is 6.92 Å². The van der Waals surface area contributed by atoms with Crippen molar-refractivity contribution in [3.63, 3.8) is 0 Å². The molecule has 1 aromatic carbocycles. The zero-order chi connectivity index (χ0) is 13.9. The Labute approximate surface area is 103 Å². The molecule has 1 rings (SSSR count). The molecule has 1 atom stereocenters. The van der Waals surface area contributed by atoms with Crippen LogP contribution >= 0.6 is 0 Å². The zero-order valence-electron chi connectivity index (χ0n) is 10.2. The fourth-order valence-corrected chi connectivity index (χ4v) is 1.38. The minimum absolute atomic E-state index is 0.125. The highest BCUT2D eigenvalue weighted by molar-refractivity contribution is 5.95. The third kappa shape index (κ3) is 3.01. The number of nitrogens with one attached hydrogen (secondary N) is 1. The molecule has 3 nitrogen and oxygen atoms in total. The van der Waals surface area contributed by atoms with Crippen LogP contribution in [0.2, 0.25) is 0 Å².